The number of hydrogen-bond donors (Lipinski definition) is 0. The predicted molar refractivity (Wildman–Crippen MR) is 85.1 cm³/mol. The van der Waals surface area contributed by atoms with E-state index < -0.39 is 0 Å². The summed E-state index contributed by atoms with van der Waals surface area (Å²) in [6, 6.07) is 10.9. The van der Waals surface area contributed by atoms with Crippen molar-refractivity contribution in [2.75, 3.05) is 0 Å². The summed E-state index contributed by atoms with van der Waals surface area (Å²) in [5.74, 6) is 0. The van der Waals surface area contributed by atoms with Crippen LogP contribution < -0.4 is 0 Å². The van der Waals surface area contributed by atoms with Crippen molar-refractivity contribution in [2.45, 2.75) is 20.3 Å². The molecule has 3 rings (SSSR count). The van der Waals surface area contributed by atoms with Gasteiger partial charge >= 0.3 is 26.2 Å². The van der Waals surface area contributed by atoms with Crippen LogP contribution in [0.2, 0.25) is 0 Å². The Kier molecular flexibility index (Phi) is 11.7. The number of halogens is 2. The number of fused-ring (bicyclic) bond motifs is 1. The molecule has 0 amide bonds. The van der Waals surface area contributed by atoms with E-state index in [9.17, 15) is 0 Å². The fourth-order valence-electron chi connectivity index (χ4n) is 1.82. The first-order valence-electron chi connectivity index (χ1n) is 5.62. The number of rotatable bonds is 0. The zero-order valence-corrected chi connectivity index (χ0v) is 15.2. The van der Waals surface area contributed by atoms with Crippen molar-refractivity contribution in [1.29, 1.82) is 0 Å². The Labute approximate surface area is 147 Å². The van der Waals surface area contributed by atoms with Crippen LogP contribution in [0.5, 0.6) is 0 Å². The molecule has 0 nitrogen and oxygen atoms in total. The molecule has 0 spiro atoms. The van der Waals surface area contributed by atoms with E-state index in [0.29, 0.717) is 0 Å². The molecule has 0 aliphatic heterocycles. The van der Waals surface area contributed by atoms with E-state index in [-0.39, 0.29) is 51.0 Å². The van der Waals surface area contributed by atoms with Crippen molar-refractivity contribution in [3.8, 4) is 0 Å². The maximum Gasteiger partial charge on any atom is 2.00 e. The monoisotopic (exact) mass is 370 g/mol. The second-order valence-electron chi connectivity index (χ2n) is 4.11. The van der Waals surface area contributed by atoms with Crippen molar-refractivity contribution in [3.63, 3.8) is 0 Å². The van der Waals surface area contributed by atoms with Gasteiger partial charge in [-0.25, -0.2) is 12.2 Å². The zero-order chi connectivity index (χ0) is 11.4. The van der Waals surface area contributed by atoms with Crippen molar-refractivity contribution in [3.05, 3.63) is 65.8 Å². The molecular weight excluding hydrogens is 354 g/mol. The van der Waals surface area contributed by atoms with Crippen molar-refractivity contribution in [2.24, 2.45) is 0 Å². The SMILES string of the molecule is Cc1ccc2c(cc[c-]2C)c1.Cl.Cl.[C-]1=CC=CC1.[Zr+2]. The fourth-order valence-corrected chi connectivity index (χ4v) is 1.82. The van der Waals surface area contributed by atoms with Crippen LogP contribution in [-0.2, 0) is 26.2 Å². The molecule has 1 aliphatic rings. The van der Waals surface area contributed by atoms with Gasteiger partial charge in [-0.1, -0.05) is 12.5 Å². The Balaban J connectivity index is 0. The first-order chi connectivity index (χ1) is 7.77. The smallest absolute Gasteiger partial charge is 0.273 e. The Hall–Kier alpha value is -0.227. The zero-order valence-electron chi connectivity index (χ0n) is 11.1. The van der Waals surface area contributed by atoms with Gasteiger partial charge in [-0.3, -0.25) is 6.08 Å². The Morgan fingerprint density at radius 2 is 1.89 bits per heavy atom. The third kappa shape index (κ3) is 6.17. The van der Waals surface area contributed by atoms with E-state index in [1.165, 1.54) is 21.9 Å². The molecule has 2 aromatic rings. The molecule has 2 aromatic carbocycles. The maximum absolute atomic E-state index is 2.99. The molecular formula is C16H18Cl2Zr. The number of benzene rings is 1. The van der Waals surface area contributed by atoms with Crippen LogP contribution in [0.1, 0.15) is 17.5 Å². The van der Waals surface area contributed by atoms with Crippen LogP contribution in [0.3, 0.4) is 0 Å². The standard InChI is InChI=1S/C11H11.C5H5.2ClH.Zr/c1-8-3-6-11-9(2)4-5-10(11)7-8;1-2-4-5-3-1;;;/h3-7H,1-2H3;1-3H,4H2;2*1H;/q2*-1;;;+2. The summed E-state index contributed by atoms with van der Waals surface area (Å²) in [7, 11) is 0. The maximum atomic E-state index is 2.99. The van der Waals surface area contributed by atoms with Gasteiger partial charge in [0, 0.05) is 0 Å². The van der Waals surface area contributed by atoms with Crippen LogP contribution in [0, 0.1) is 19.9 Å². The number of hydrogen-bond acceptors (Lipinski definition) is 0. The molecule has 0 fully saturated rings. The van der Waals surface area contributed by atoms with Crippen LogP contribution in [-0.4, -0.2) is 0 Å². The molecule has 0 bridgehead atoms. The molecule has 0 N–H and O–H groups in total. The Morgan fingerprint density at radius 1 is 1.16 bits per heavy atom. The van der Waals surface area contributed by atoms with Gasteiger partial charge in [0.2, 0.25) is 0 Å². The van der Waals surface area contributed by atoms with E-state index in [1.807, 2.05) is 12.2 Å². The van der Waals surface area contributed by atoms with Crippen LogP contribution in [0.4, 0.5) is 0 Å². The Morgan fingerprint density at radius 3 is 2.42 bits per heavy atom. The van der Waals surface area contributed by atoms with Gasteiger partial charge in [-0.05, 0) is 6.92 Å². The minimum absolute atomic E-state index is 0. The molecule has 19 heavy (non-hydrogen) atoms. The summed E-state index contributed by atoms with van der Waals surface area (Å²) in [6.45, 7) is 4.28. The van der Waals surface area contributed by atoms with Crippen molar-refractivity contribution < 1.29 is 26.2 Å². The second-order valence-corrected chi connectivity index (χ2v) is 4.11. The van der Waals surface area contributed by atoms with Crippen molar-refractivity contribution >= 4 is 35.6 Å². The van der Waals surface area contributed by atoms with Gasteiger partial charge in [0.15, 0.2) is 0 Å². The summed E-state index contributed by atoms with van der Waals surface area (Å²) >= 11 is 0. The summed E-state index contributed by atoms with van der Waals surface area (Å²) in [5, 5.41) is 2.75. The summed E-state index contributed by atoms with van der Waals surface area (Å²) in [5.41, 5.74) is 2.71. The van der Waals surface area contributed by atoms with Gasteiger partial charge < -0.3 is 0 Å². The minimum atomic E-state index is 0. The average Bonchev–Trinajstić information content (AvgIpc) is 2.92. The van der Waals surface area contributed by atoms with E-state index >= 15 is 0 Å². The van der Waals surface area contributed by atoms with E-state index in [2.05, 4.69) is 56.3 Å². The number of allylic oxidation sites excluding steroid dienone is 4. The van der Waals surface area contributed by atoms with Gasteiger partial charge in [-0.2, -0.15) is 18.2 Å². The fraction of sp³-hybridized carbons (Fsp3) is 0.188. The molecule has 0 radical (unpaired) electrons. The summed E-state index contributed by atoms with van der Waals surface area (Å²) in [4.78, 5) is 0. The van der Waals surface area contributed by atoms with E-state index in [0.717, 1.165) is 6.42 Å². The third-order valence-corrected chi connectivity index (χ3v) is 2.73. The van der Waals surface area contributed by atoms with Gasteiger partial charge in [0.25, 0.3) is 0 Å². The Bertz CT molecular complexity index is 529. The first-order valence-corrected chi connectivity index (χ1v) is 5.62. The molecule has 1 aliphatic carbocycles. The molecule has 0 heterocycles. The third-order valence-electron chi connectivity index (χ3n) is 2.73. The largest absolute Gasteiger partial charge is 2.00 e. The van der Waals surface area contributed by atoms with Gasteiger partial charge in [-0.15, -0.1) is 65.8 Å². The second kappa shape index (κ2) is 10.5. The molecule has 0 aromatic heterocycles. The van der Waals surface area contributed by atoms with Crippen molar-refractivity contribution in [1.82, 2.24) is 0 Å². The molecule has 0 atom stereocenters. The predicted octanol–water partition coefficient (Wildman–Crippen LogP) is 5.32. The van der Waals surface area contributed by atoms with Gasteiger partial charge in [0.1, 0.15) is 0 Å². The first kappa shape index (κ1) is 21.1. The normalized spacial score (nSPS) is 10.8. The van der Waals surface area contributed by atoms with Crippen LogP contribution in [0.25, 0.3) is 10.8 Å². The quantitative estimate of drug-likeness (QED) is 0.549. The molecule has 100 valence electrons. The topological polar surface area (TPSA) is 0 Å². The van der Waals surface area contributed by atoms with Crippen LogP contribution >= 0.6 is 24.8 Å². The molecule has 0 saturated carbocycles. The van der Waals surface area contributed by atoms with E-state index in [1.54, 1.807) is 0 Å². The van der Waals surface area contributed by atoms with Crippen LogP contribution in [0.15, 0.2) is 48.6 Å². The molecule has 3 heteroatoms. The van der Waals surface area contributed by atoms with E-state index in [4.69, 9.17) is 0 Å². The molecule has 0 saturated heterocycles. The molecule has 0 unspecified atom stereocenters. The number of aryl methyl sites for hydroxylation is 2. The van der Waals surface area contributed by atoms with Gasteiger partial charge in [0.05, 0.1) is 0 Å². The average molecular weight is 372 g/mol. The summed E-state index contributed by atoms with van der Waals surface area (Å²) in [6.07, 6.45) is 10.0. The minimum Gasteiger partial charge on any atom is -0.273 e. The summed E-state index contributed by atoms with van der Waals surface area (Å²) < 4.78 is 0.